The summed E-state index contributed by atoms with van der Waals surface area (Å²) in [4.78, 5) is 39.5. The molecule has 2 fully saturated rings. The van der Waals surface area contributed by atoms with Crippen LogP contribution < -0.4 is 21.3 Å². The molecule has 4 heterocycles. The number of carbonyl (C=O) groups excluding carboxylic acids is 1. The highest BCUT2D eigenvalue weighted by Gasteiger charge is 2.40. The Kier molecular flexibility index (Phi) is 7.96. The third-order valence-electron chi connectivity index (χ3n) is 6.61. The van der Waals surface area contributed by atoms with Gasteiger partial charge in [-0.2, -0.15) is 0 Å². The van der Waals surface area contributed by atoms with Gasteiger partial charge in [0.2, 0.25) is 5.91 Å². The summed E-state index contributed by atoms with van der Waals surface area (Å²) >= 11 is 0. The summed E-state index contributed by atoms with van der Waals surface area (Å²) in [6, 6.07) is 5.71. The number of likely N-dealkylation sites (N-methyl/N-ethyl adjacent to an activating group) is 1. The van der Waals surface area contributed by atoms with E-state index >= 15 is 0 Å². The van der Waals surface area contributed by atoms with Gasteiger partial charge in [-0.15, -0.1) is 4.91 Å². The molecule has 0 radical (unpaired) electrons. The Morgan fingerprint density at radius 1 is 1.23 bits per heavy atom. The van der Waals surface area contributed by atoms with Crippen LogP contribution in [0.3, 0.4) is 0 Å². The number of nitrogens with two attached hydrogens (primary N) is 1. The summed E-state index contributed by atoms with van der Waals surface area (Å²) < 4.78 is 13.8. The SMILES string of the molecule is CN1CCN(c2ccc(-c3ccncc3NC(=O)C(C(N)N=O)C3NCC(F)CN3C)cn2)CC1. The highest BCUT2D eigenvalue weighted by atomic mass is 19.1. The van der Waals surface area contributed by atoms with Crippen LogP contribution in [-0.4, -0.2) is 97.5 Å². The van der Waals surface area contributed by atoms with E-state index in [2.05, 4.69) is 42.6 Å². The van der Waals surface area contributed by atoms with Crippen molar-refractivity contribution in [3.05, 3.63) is 41.7 Å². The Morgan fingerprint density at radius 3 is 2.66 bits per heavy atom. The van der Waals surface area contributed by atoms with E-state index in [0.29, 0.717) is 5.69 Å². The number of amides is 1. The van der Waals surface area contributed by atoms with Gasteiger partial charge in [0, 0.05) is 62.8 Å². The standard InChI is InChI=1S/C23H32FN9O2/c1-31-7-9-33(10-8-31)19-4-3-15(11-27-19)17-5-6-26-13-18(17)29-23(34)20(21(25)30-35)22-28-12-16(24)14-32(22)2/h3-6,11,13,16,20-22,28H,7-10,12,14,25H2,1-2H3,(H,29,34). The summed E-state index contributed by atoms with van der Waals surface area (Å²) in [5, 5.41) is 8.71. The predicted octanol–water partition coefficient (Wildman–Crippen LogP) is 0.701. The molecule has 0 bridgehead atoms. The topological polar surface area (TPSA) is 132 Å². The molecule has 2 aliphatic rings. The maximum absolute atomic E-state index is 13.8. The number of aromatic nitrogens is 2. The zero-order chi connectivity index (χ0) is 24.9. The number of hydrogen-bond donors (Lipinski definition) is 3. The van der Waals surface area contributed by atoms with Crippen LogP contribution in [0.15, 0.2) is 42.0 Å². The van der Waals surface area contributed by atoms with Gasteiger partial charge in [-0.1, -0.05) is 5.18 Å². The van der Waals surface area contributed by atoms with Crippen LogP contribution in [0.2, 0.25) is 0 Å². The maximum Gasteiger partial charge on any atom is 0.234 e. The van der Waals surface area contributed by atoms with Gasteiger partial charge < -0.3 is 20.9 Å². The molecule has 188 valence electrons. The smallest absolute Gasteiger partial charge is 0.234 e. The number of nitrogens with zero attached hydrogens (tertiary/aromatic N) is 6. The van der Waals surface area contributed by atoms with Gasteiger partial charge >= 0.3 is 0 Å². The van der Waals surface area contributed by atoms with Crippen LogP contribution in [0.25, 0.3) is 11.1 Å². The zero-order valence-corrected chi connectivity index (χ0v) is 20.0. The fourth-order valence-corrected chi connectivity index (χ4v) is 4.58. The van der Waals surface area contributed by atoms with E-state index in [1.165, 1.54) is 6.20 Å². The molecule has 1 amide bonds. The number of carbonyl (C=O) groups is 1. The van der Waals surface area contributed by atoms with Crippen LogP contribution in [0, 0.1) is 10.8 Å². The maximum atomic E-state index is 13.8. The van der Waals surface area contributed by atoms with Crippen molar-refractivity contribution in [1.29, 1.82) is 0 Å². The first-order chi connectivity index (χ1) is 16.9. The van der Waals surface area contributed by atoms with E-state index < -0.39 is 30.3 Å². The fourth-order valence-electron chi connectivity index (χ4n) is 4.58. The molecular weight excluding hydrogens is 453 g/mol. The number of hydrogen-bond acceptors (Lipinski definition) is 10. The van der Waals surface area contributed by atoms with Crippen molar-refractivity contribution in [1.82, 2.24) is 25.1 Å². The molecule has 12 heteroatoms. The Balaban J connectivity index is 1.53. The molecule has 11 nitrogen and oxygen atoms in total. The average molecular weight is 486 g/mol. The number of alkyl halides is 1. The molecule has 2 saturated heterocycles. The Labute approximate surface area is 203 Å². The first kappa shape index (κ1) is 25.0. The lowest BCUT2D eigenvalue weighted by Gasteiger charge is -2.39. The van der Waals surface area contributed by atoms with Crippen molar-refractivity contribution < 1.29 is 9.18 Å². The lowest BCUT2D eigenvalue weighted by atomic mass is 9.98. The summed E-state index contributed by atoms with van der Waals surface area (Å²) in [6.45, 7) is 3.99. The molecule has 4 rings (SSSR count). The van der Waals surface area contributed by atoms with Crippen LogP contribution in [-0.2, 0) is 4.79 Å². The molecule has 0 aromatic carbocycles. The van der Waals surface area contributed by atoms with Crippen molar-refractivity contribution in [3.8, 4) is 11.1 Å². The first-order valence-electron chi connectivity index (χ1n) is 11.7. The van der Waals surface area contributed by atoms with Crippen LogP contribution in [0.1, 0.15) is 0 Å². The van der Waals surface area contributed by atoms with Gasteiger partial charge in [0.25, 0.3) is 0 Å². The zero-order valence-electron chi connectivity index (χ0n) is 20.0. The summed E-state index contributed by atoms with van der Waals surface area (Å²) in [5.41, 5.74) is 7.90. The molecule has 0 aliphatic carbocycles. The van der Waals surface area contributed by atoms with Crippen LogP contribution in [0.5, 0.6) is 0 Å². The second kappa shape index (κ2) is 11.1. The van der Waals surface area contributed by atoms with E-state index in [0.717, 1.165) is 43.1 Å². The van der Waals surface area contributed by atoms with Gasteiger partial charge in [0.1, 0.15) is 17.9 Å². The number of rotatable bonds is 7. The van der Waals surface area contributed by atoms with Gasteiger partial charge in [-0.3, -0.25) is 20.0 Å². The predicted molar refractivity (Wildman–Crippen MR) is 132 cm³/mol. The molecule has 2 aromatic rings. The number of nitrogens with one attached hydrogen (secondary N) is 2. The normalized spacial score (nSPS) is 23.5. The minimum absolute atomic E-state index is 0.0633. The number of halogens is 1. The van der Waals surface area contributed by atoms with Crippen molar-refractivity contribution in [3.63, 3.8) is 0 Å². The largest absolute Gasteiger partial charge is 0.354 e. The lowest BCUT2D eigenvalue weighted by molar-refractivity contribution is -0.124. The third kappa shape index (κ3) is 5.78. The molecule has 0 saturated carbocycles. The second-order valence-electron chi connectivity index (χ2n) is 9.12. The number of anilines is 2. The average Bonchev–Trinajstić information content (AvgIpc) is 2.86. The third-order valence-corrected chi connectivity index (χ3v) is 6.61. The van der Waals surface area contributed by atoms with E-state index in [4.69, 9.17) is 5.73 Å². The number of piperazine rings is 1. The highest BCUT2D eigenvalue weighted by Crippen LogP contribution is 2.29. The molecule has 4 unspecified atom stereocenters. The Bertz CT molecular complexity index is 1020. The van der Waals surface area contributed by atoms with E-state index in [1.54, 1.807) is 30.4 Å². The van der Waals surface area contributed by atoms with E-state index in [9.17, 15) is 14.1 Å². The summed E-state index contributed by atoms with van der Waals surface area (Å²) in [6.07, 6.45) is 1.91. The quantitative estimate of drug-likeness (QED) is 0.485. The van der Waals surface area contributed by atoms with E-state index in [-0.39, 0.29) is 13.1 Å². The number of nitroso groups, excluding NO2 is 1. The van der Waals surface area contributed by atoms with E-state index in [1.807, 2.05) is 12.1 Å². The van der Waals surface area contributed by atoms with Gasteiger partial charge in [-0.05, 0) is 32.3 Å². The minimum Gasteiger partial charge on any atom is -0.354 e. The Morgan fingerprint density at radius 2 is 2.00 bits per heavy atom. The summed E-state index contributed by atoms with van der Waals surface area (Å²) in [5.74, 6) is -0.632. The van der Waals surface area contributed by atoms with Gasteiger partial charge in [0.15, 0.2) is 6.17 Å². The summed E-state index contributed by atoms with van der Waals surface area (Å²) in [7, 11) is 3.78. The monoisotopic (exact) mass is 485 g/mol. The first-order valence-corrected chi connectivity index (χ1v) is 11.7. The van der Waals surface area contributed by atoms with Crippen molar-refractivity contribution in [2.24, 2.45) is 16.8 Å². The minimum atomic E-state index is -1.31. The second-order valence-corrected chi connectivity index (χ2v) is 9.12. The number of pyridine rings is 2. The van der Waals surface area contributed by atoms with Crippen LogP contribution in [0.4, 0.5) is 15.9 Å². The molecule has 4 atom stereocenters. The Hall–Kier alpha value is -3.06. The molecule has 35 heavy (non-hydrogen) atoms. The molecule has 4 N–H and O–H groups in total. The van der Waals surface area contributed by atoms with Gasteiger partial charge in [0.05, 0.1) is 18.1 Å². The van der Waals surface area contributed by atoms with Crippen molar-refractivity contribution in [2.45, 2.75) is 18.5 Å². The molecule has 2 aliphatic heterocycles. The molecular formula is C23H32FN9O2. The molecule has 0 spiro atoms. The lowest BCUT2D eigenvalue weighted by Crippen LogP contribution is -2.62. The van der Waals surface area contributed by atoms with Crippen LogP contribution >= 0.6 is 0 Å². The molecule has 2 aromatic heterocycles. The fraction of sp³-hybridized carbons (Fsp3) is 0.522. The highest BCUT2D eigenvalue weighted by molar-refractivity contribution is 5.97. The van der Waals surface area contributed by atoms with Crippen molar-refractivity contribution >= 4 is 17.4 Å². The van der Waals surface area contributed by atoms with Crippen molar-refractivity contribution in [2.75, 3.05) is 63.6 Å². The van der Waals surface area contributed by atoms with Gasteiger partial charge in [-0.25, -0.2) is 9.37 Å².